The topological polar surface area (TPSA) is 61.8 Å². The van der Waals surface area contributed by atoms with E-state index in [2.05, 4.69) is 6.58 Å². The molecule has 0 unspecified atom stereocenters. The van der Waals surface area contributed by atoms with Crippen LogP contribution in [-0.4, -0.2) is 31.3 Å². The highest BCUT2D eigenvalue weighted by Crippen LogP contribution is 2.62. The Balaban J connectivity index is 1.73. The number of ketones is 1. The van der Waals surface area contributed by atoms with Crippen LogP contribution in [0.2, 0.25) is 0 Å². The minimum absolute atomic E-state index is 0.0182. The first-order chi connectivity index (χ1) is 13.0. The van der Waals surface area contributed by atoms with Gasteiger partial charge in [0.2, 0.25) is 0 Å². The van der Waals surface area contributed by atoms with Crippen molar-refractivity contribution in [1.29, 1.82) is 0 Å². The smallest absolute Gasteiger partial charge is 0.367 e. The van der Waals surface area contributed by atoms with Crippen molar-refractivity contribution in [2.45, 2.75) is 44.5 Å². The number of Topliss-reactive ketones (excluding diaryl/α,β-unsaturated/α-hetero) is 1. The lowest BCUT2D eigenvalue weighted by atomic mass is 9.53. The van der Waals surface area contributed by atoms with Gasteiger partial charge in [-0.05, 0) is 29.9 Å². The molecule has 1 spiro atoms. The fourth-order valence-corrected chi connectivity index (χ4v) is 5.36. The summed E-state index contributed by atoms with van der Waals surface area (Å²) in [4.78, 5) is 25.6. The number of hydrogen-bond donors (Lipinski definition) is 0. The fraction of sp³-hybridized carbons (Fsp3) is 0.545. The average molecular weight is 370 g/mol. The van der Waals surface area contributed by atoms with Gasteiger partial charge in [0.05, 0.1) is 26.2 Å². The molecule has 3 fully saturated rings. The number of carbonyl (C=O) groups is 2. The van der Waals surface area contributed by atoms with Crippen LogP contribution in [-0.2, 0) is 30.4 Å². The van der Waals surface area contributed by atoms with Gasteiger partial charge in [0, 0.05) is 11.8 Å². The van der Waals surface area contributed by atoms with E-state index in [0.717, 1.165) is 31.2 Å². The fourth-order valence-electron chi connectivity index (χ4n) is 5.36. The zero-order valence-corrected chi connectivity index (χ0v) is 15.7. The third-order valence-corrected chi connectivity index (χ3v) is 6.67. The van der Waals surface area contributed by atoms with Crippen molar-refractivity contribution in [2.24, 2.45) is 17.3 Å². The molecule has 144 valence electrons. The highest BCUT2D eigenvalue weighted by atomic mass is 16.7. The maximum Gasteiger partial charge on any atom is 0.367 e. The van der Waals surface area contributed by atoms with Crippen LogP contribution in [0.25, 0.3) is 0 Å². The highest BCUT2D eigenvalue weighted by molar-refractivity contribution is 5.98. The van der Waals surface area contributed by atoms with Gasteiger partial charge in [0.25, 0.3) is 5.79 Å². The predicted molar refractivity (Wildman–Crippen MR) is 98.6 cm³/mol. The number of hydrogen-bond acceptors (Lipinski definition) is 5. The van der Waals surface area contributed by atoms with E-state index < -0.39 is 17.7 Å². The van der Waals surface area contributed by atoms with E-state index in [1.165, 1.54) is 7.11 Å². The molecule has 27 heavy (non-hydrogen) atoms. The summed E-state index contributed by atoms with van der Waals surface area (Å²) in [5.41, 5.74) is 1.11. The lowest BCUT2D eigenvalue weighted by molar-refractivity contribution is -0.245. The molecule has 1 aromatic rings. The quantitative estimate of drug-likeness (QED) is 0.600. The molecular weight excluding hydrogens is 344 g/mol. The third-order valence-electron chi connectivity index (χ3n) is 6.67. The Bertz CT molecular complexity index is 757. The van der Waals surface area contributed by atoms with Gasteiger partial charge in [-0.25, -0.2) is 4.79 Å². The lowest BCUT2D eigenvalue weighted by Crippen LogP contribution is -2.56. The zero-order valence-electron chi connectivity index (χ0n) is 15.7. The second kappa shape index (κ2) is 6.88. The van der Waals surface area contributed by atoms with Crippen molar-refractivity contribution in [1.82, 2.24) is 0 Å². The Kier molecular flexibility index (Phi) is 4.68. The van der Waals surface area contributed by atoms with Gasteiger partial charge in [-0.2, -0.15) is 0 Å². The van der Waals surface area contributed by atoms with Gasteiger partial charge in [-0.3, -0.25) is 4.79 Å². The summed E-state index contributed by atoms with van der Waals surface area (Å²) >= 11 is 0. The molecule has 1 saturated heterocycles. The first kappa shape index (κ1) is 18.4. The van der Waals surface area contributed by atoms with Crippen LogP contribution in [0.1, 0.15) is 37.7 Å². The van der Waals surface area contributed by atoms with E-state index >= 15 is 0 Å². The van der Waals surface area contributed by atoms with Crippen molar-refractivity contribution >= 4 is 11.8 Å². The molecule has 0 amide bonds. The second-order valence-electron chi connectivity index (χ2n) is 7.98. The molecule has 1 aromatic carbocycles. The van der Waals surface area contributed by atoms with Gasteiger partial charge < -0.3 is 14.2 Å². The van der Waals surface area contributed by atoms with E-state index in [-0.39, 0.29) is 23.7 Å². The normalized spacial score (nSPS) is 35.4. The SMILES string of the molecule is C=C1C(=O)C[C@H]2CCCC[C@@]23CO[C@](OCc2ccccc2)(C(=O)OC)[C@@H]13. The molecule has 2 aliphatic carbocycles. The summed E-state index contributed by atoms with van der Waals surface area (Å²) in [5.74, 6) is -2.45. The Labute approximate surface area is 159 Å². The van der Waals surface area contributed by atoms with Crippen LogP contribution >= 0.6 is 0 Å². The summed E-state index contributed by atoms with van der Waals surface area (Å²) in [7, 11) is 1.33. The lowest BCUT2D eigenvalue weighted by Gasteiger charge is -2.50. The number of esters is 1. The van der Waals surface area contributed by atoms with Crippen LogP contribution in [0.5, 0.6) is 0 Å². The van der Waals surface area contributed by atoms with Gasteiger partial charge in [0.1, 0.15) is 0 Å². The second-order valence-corrected chi connectivity index (χ2v) is 7.98. The third kappa shape index (κ3) is 2.75. The molecule has 0 N–H and O–H groups in total. The molecule has 0 radical (unpaired) electrons. The van der Waals surface area contributed by atoms with Crippen LogP contribution in [0.15, 0.2) is 42.5 Å². The van der Waals surface area contributed by atoms with Crippen LogP contribution in [0, 0.1) is 17.3 Å². The molecule has 4 atom stereocenters. The van der Waals surface area contributed by atoms with Crippen molar-refractivity contribution in [3.8, 4) is 0 Å². The Morgan fingerprint density at radius 3 is 2.81 bits per heavy atom. The number of carbonyl (C=O) groups excluding carboxylic acids is 2. The molecule has 1 aliphatic heterocycles. The number of benzene rings is 1. The van der Waals surface area contributed by atoms with E-state index in [1.807, 2.05) is 30.3 Å². The first-order valence-electron chi connectivity index (χ1n) is 9.66. The molecule has 1 heterocycles. The van der Waals surface area contributed by atoms with Gasteiger partial charge in [-0.1, -0.05) is 49.8 Å². The summed E-state index contributed by atoms with van der Waals surface area (Å²) in [6, 6.07) is 9.62. The van der Waals surface area contributed by atoms with Crippen LogP contribution in [0.3, 0.4) is 0 Å². The van der Waals surface area contributed by atoms with E-state index in [1.54, 1.807) is 0 Å². The highest BCUT2D eigenvalue weighted by Gasteiger charge is 2.69. The number of methoxy groups -OCH3 is 1. The van der Waals surface area contributed by atoms with Crippen LogP contribution in [0.4, 0.5) is 0 Å². The largest absolute Gasteiger partial charge is 0.465 e. The maximum absolute atomic E-state index is 12.9. The van der Waals surface area contributed by atoms with Crippen molar-refractivity contribution < 1.29 is 23.8 Å². The average Bonchev–Trinajstić information content (AvgIpc) is 3.04. The summed E-state index contributed by atoms with van der Waals surface area (Å²) < 4.78 is 17.4. The van der Waals surface area contributed by atoms with Gasteiger partial charge >= 0.3 is 5.97 Å². The van der Waals surface area contributed by atoms with E-state index in [4.69, 9.17) is 14.2 Å². The van der Waals surface area contributed by atoms with Gasteiger partial charge in [-0.15, -0.1) is 0 Å². The molecular formula is C22H26O5. The van der Waals surface area contributed by atoms with E-state index in [9.17, 15) is 9.59 Å². The van der Waals surface area contributed by atoms with Crippen LogP contribution < -0.4 is 0 Å². The molecule has 3 aliphatic rings. The standard InChI is InChI=1S/C22H26O5/c1-15-18(23)12-17-10-6-7-11-21(17)14-27-22(19(15)21,20(24)25-2)26-13-16-8-4-3-5-9-16/h3-5,8-9,17,19H,1,6-7,10-14H2,2H3/t17-,19+,21-,22+/m1/s1. The molecule has 0 bridgehead atoms. The molecule has 5 heteroatoms. The minimum Gasteiger partial charge on any atom is -0.465 e. The Morgan fingerprint density at radius 2 is 2.07 bits per heavy atom. The predicted octanol–water partition coefficient (Wildman–Crippen LogP) is 3.42. The molecule has 5 nitrogen and oxygen atoms in total. The Morgan fingerprint density at radius 1 is 1.30 bits per heavy atom. The maximum atomic E-state index is 12.9. The van der Waals surface area contributed by atoms with E-state index in [0.29, 0.717) is 18.6 Å². The zero-order chi connectivity index (χ0) is 19.1. The summed E-state index contributed by atoms with van der Waals surface area (Å²) in [6.07, 6.45) is 4.56. The monoisotopic (exact) mass is 370 g/mol. The van der Waals surface area contributed by atoms with Crippen molar-refractivity contribution in [3.05, 3.63) is 48.0 Å². The summed E-state index contributed by atoms with van der Waals surface area (Å²) in [6.45, 7) is 4.68. The number of rotatable bonds is 4. The first-order valence-corrected chi connectivity index (χ1v) is 9.66. The Hall–Kier alpha value is -1.98. The molecule has 4 rings (SSSR count). The van der Waals surface area contributed by atoms with Gasteiger partial charge in [0.15, 0.2) is 5.78 Å². The number of ether oxygens (including phenoxy) is 3. The minimum atomic E-state index is -1.60. The summed E-state index contributed by atoms with van der Waals surface area (Å²) in [5, 5.41) is 0. The van der Waals surface area contributed by atoms with Crippen molar-refractivity contribution in [3.63, 3.8) is 0 Å². The van der Waals surface area contributed by atoms with Crippen molar-refractivity contribution in [2.75, 3.05) is 13.7 Å². The molecule has 2 saturated carbocycles. The molecule has 0 aromatic heterocycles.